The lowest BCUT2D eigenvalue weighted by Crippen LogP contribution is -2.58. The molecule has 7 nitrogen and oxygen atoms in total. The summed E-state index contributed by atoms with van der Waals surface area (Å²) in [6.07, 6.45) is -3.20. The van der Waals surface area contributed by atoms with Crippen LogP contribution in [0.2, 0.25) is 0 Å². The van der Waals surface area contributed by atoms with Gasteiger partial charge in [0.1, 0.15) is 12.2 Å². The van der Waals surface area contributed by atoms with Crippen LogP contribution in [0.25, 0.3) is 0 Å². The molecule has 6 atom stereocenters. The van der Waals surface area contributed by atoms with E-state index in [1.54, 1.807) is 0 Å². The average Bonchev–Trinajstić information content (AvgIpc) is 2.47. The van der Waals surface area contributed by atoms with Crippen LogP contribution in [-0.4, -0.2) is 67.8 Å². The molecule has 4 N–H and O–H groups in total. The van der Waals surface area contributed by atoms with Crippen LogP contribution < -0.4 is 0 Å². The van der Waals surface area contributed by atoms with Gasteiger partial charge in [-0.3, -0.25) is 4.79 Å². The summed E-state index contributed by atoms with van der Waals surface area (Å²) in [6, 6.07) is 0. The predicted octanol–water partition coefficient (Wildman–Crippen LogP) is -0.924. The molecule has 0 aromatic heterocycles. The Labute approximate surface area is 139 Å². The van der Waals surface area contributed by atoms with Crippen LogP contribution in [-0.2, 0) is 14.3 Å². The second kappa shape index (κ2) is 7.35. The highest BCUT2D eigenvalue weighted by molar-refractivity contribution is 8.00. The minimum absolute atomic E-state index is 0.404. The van der Waals surface area contributed by atoms with Gasteiger partial charge in [-0.25, -0.2) is 0 Å². The van der Waals surface area contributed by atoms with Crippen LogP contribution in [0.15, 0.2) is 0 Å². The van der Waals surface area contributed by atoms with Crippen molar-refractivity contribution in [3.05, 3.63) is 0 Å². The summed E-state index contributed by atoms with van der Waals surface area (Å²) in [5, 5.41) is 38.6. The zero-order valence-electron chi connectivity index (χ0n) is 11.9. The van der Waals surface area contributed by atoms with Gasteiger partial charge in [-0.1, -0.05) is 12.8 Å². The zero-order valence-corrected chi connectivity index (χ0v) is 13.7. The highest BCUT2D eigenvalue weighted by atomic mass is 32.2. The number of rotatable bonds is 4. The van der Waals surface area contributed by atoms with E-state index in [1.807, 2.05) is 0 Å². The van der Waals surface area contributed by atoms with Gasteiger partial charge >= 0.3 is 0 Å². The summed E-state index contributed by atoms with van der Waals surface area (Å²) in [5.41, 5.74) is 0. The number of ether oxygens (including phenoxy) is 2. The standard InChI is InChI=1S/C13H22O7S2/c14-5-8-9(15)10(16)11(17)12(20-8)19-7-4-2-1-3-6(7)13(18,21)22/h6-9,11-12,14-15,17-18,21-22H,1-5H2/t6?,7-,8+,9+,11+,12+/m0/s1. The maximum atomic E-state index is 11.8. The number of carbonyl (C=O) groups excluding carboxylic acids is 1. The molecule has 0 aromatic carbocycles. The van der Waals surface area contributed by atoms with Crippen LogP contribution in [0.4, 0.5) is 0 Å². The first-order valence-corrected chi connectivity index (χ1v) is 8.14. The van der Waals surface area contributed by atoms with Gasteiger partial charge in [0, 0.05) is 5.92 Å². The van der Waals surface area contributed by atoms with Crippen LogP contribution in [0.3, 0.4) is 0 Å². The lowest BCUT2D eigenvalue weighted by Gasteiger charge is -2.42. The number of hydrogen-bond acceptors (Lipinski definition) is 9. The van der Waals surface area contributed by atoms with Crippen LogP contribution in [0.5, 0.6) is 0 Å². The molecule has 1 unspecified atom stereocenters. The van der Waals surface area contributed by atoms with Gasteiger partial charge in [0.15, 0.2) is 22.4 Å². The highest BCUT2D eigenvalue weighted by Gasteiger charge is 2.47. The van der Waals surface area contributed by atoms with Crippen molar-refractivity contribution in [2.75, 3.05) is 6.61 Å². The first kappa shape index (κ1) is 18.5. The second-order valence-electron chi connectivity index (χ2n) is 5.77. The number of hydrogen-bond donors (Lipinski definition) is 6. The summed E-state index contributed by atoms with van der Waals surface area (Å²) in [7, 11) is 0. The summed E-state index contributed by atoms with van der Waals surface area (Å²) in [5.74, 6) is -1.26. The zero-order chi connectivity index (χ0) is 16.5. The number of Topliss-reactive ketones (excluding diaryl/α,β-unsaturated/α-hetero) is 1. The molecule has 2 rings (SSSR count). The predicted molar refractivity (Wildman–Crippen MR) is 82.5 cm³/mol. The monoisotopic (exact) mass is 354 g/mol. The molecular formula is C13H22O7S2. The van der Waals surface area contributed by atoms with Gasteiger partial charge in [0.05, 0.1) is 12.7 Å². The third kappa shape index (κ3) is 3.96. The van der Waals surface area contributed by atoms with Crippen molar-refractivity contribution in [3.8, 4) is 0 Å². The molecule has 1 saturated heterocycles. The van der Waals surface area contributed by atoms with Crippen molar-refractivity contribution in [3.63, 3.8) is 0 Å². The molecule has 0 bridgehead atoms. The molecule has 0 aromatic rings. The van der Waals surface area contributed by atoms with Gasteiger partial charge in [-0.05, 0) is 12.8 Å². The molecule has 9 heteroatoms. The molecule has 0 amide bonds. The van der Waals surface area contributed by atoms with Crippen molar-refractivity contribution < 1.29 is 34.7 Å². The molecule has 0 spiro atoms. The molecule has 2 aliphatic rings. The Bertz CT molecular complexity index is 400. The minimum Gasteiger partial charge on any atom is -0.394 e. The fourth-order valence-electron chi connectivity index (χ4n) is 2.94. The van der Waals surface area contributed by atoms with Gasteiger partial charge in [0.25, 0.3) is 0 Å². The van der Waals surface area contributed by atoms with E-state index in [0.717, 1.165) is 12.8 Å². The van der Waals surface area contributed by atoms with Crippen molar-refractivity contribution in [1.29, 1.82) is 0 Å². The SMILES string of the molecule is O=C1[C@@H](O)[C@H](O[C@H]2CCCCC2C(O)(S)S)O[C@H](CO)[C@H]1O. The van der Waals surface area contributed by atoms with Crippen molar-refractivity contribution >= 4 is 31.0 Å². The van der Waals surface area contributed by atoms with Crippen LogP contribution >= 0.6 is 25.3 Å². The number of carbonyl (C=O) groups is 1. The van der Waals surface area contributed by atoms with Crippen LogP contribution in [0.1, 0.15) is 25.7 Å². The Morgan fingerprint density at radius 2 is 1.86 bits per heavy atom. The van der Waals surface area contributed by atoms with Crippen LogP contribution in [0, 0.1) is 5.92 Å². The van der Waals surface area contributed by atoms with Gasteiger partial charge in [-0.15, -0.1) is 25.3 Å². The van der Waals surface area contributed by atoms with E-state index in [0.29, 0.717) is 12.8 Å². The molecule has 0 radical (unpaired) electrons. The average molecular weight is 354 g/mol. The molecular weight excluding hydrogens is 332 g/mol. The number of aliphatic hydroxyl groups excluding tert-OH is 3. The smallest absolute Gasteiger partial charge is 0.197 e. The van der Waals surface area contributed by atoms with E-state index in [9.17, 15) is 20.1 Å². The second-order valence-corrected chi connectivity index (χ2v) is 7.49. The summed E-state index contributed by atoms with van der Waals surface area (Å²) < 4.78 is 9.38. The molecule has 1 aliphatic heterocycles. The van der Waals surface area contributed by atoms with E-state index in [4.69, 9.17) is 14.6 Å². The first-order chi connectivity index (χ1) is 10.3. The third-order valence-electron chi connectivity index (χ3n) is 4.19. The summed E-state index contributed by atoms with van der Waals surface area (Å²) in [6.45, 7) is -0.573. The molecule has 1 aliphatic carbocycles. The Kier molecular flexibility index (Phi) is 6.17. The largest absolute Gasteiger partial charge is 0.394 e. The number of thiol groups is 2. The van der Waals surface area contributed by atoms with Crippen molar-refractivity contribution in [2.24, 2.45) is 5.92 Å². The van der Waals surface area contributed by atoms with Gasteiger partial charge in [-0.2, -0.15) is 0 Å². The van der Waals surface area contributed by atoms with E-state index < -0.39 is 53.3 Å². The van der Waals surface area contributed by atoms with Gasteiger partial charge < -0.3 is 29.9 Å². The highest BCUT2D eigenvalue weighted by Crippen LogP contribution is 2.40. The Morgan fingerprint density at radius 3 is 2.45 bits per heavy atom. The fourth-order valence-corrected chi connectivity index (χ4v) is 3.53. The van der Waals surface area contributed by atoms with Crippen molar-refractivity contribution in [1.82, 2.24) is 0 Å². The van der Waals surface area contributed by atoms with Crippen molar-refractivity contribution in [2.45, 2.75) is 60.7 Å². The summed E-state index contributed by atoms with van der Waals surface area (Å²) >= 11 is 8.11. The topological polar surface area (TPSA) is 116 Å². The molecule has 22 heavy (non-hydrogen) atoms. The maximum Gasteiger partial charge on any atom is 0.197 e. The van der Waals surface area contributed by atoms with Gasteiger partial charge in [0.2, 0.25) is 0 Å². The first-order valence-electron chi connectivity index (χ1n) is 7.24. The molecule has 128 valence electrons. The molecule has 2 fully saturated rings. The summed E-state index contributed by atoms with van der Waals surface area (Å²) in [4.78, 5) is 11.8. The van der Waals surface area contributed by atoms with E-state index >= 15 is 0 Å². The third-order valence-corrected chi connectivity index (χ3v) is 4.85. The Balaban J connectivity index is 2.08. The normalized spacial score (nSPS) is 40.7. The molecule has 1 saturated carbocycles. The van der Waals surface area contributed by atoms with E-state index in [1.165, 1.54) is 0 Å². The maximum absolute atomic E-state index is 11.8. The number of ketones is 1. The molecule has 1 heterocycles. The Hall–Kier alpha value is 0.130. The quantitative estimate of drug-likeness (QED) is 0.286. The number of aliphatic hydroxyl groups is 4. The minimum atomic E-state index is -1.65. The lowest BCUT2D eigenvalue weighted by atomic mass is 9.86. The van der Waals surface area contributed by atoms with E-state index in [-0.39, 0.29) is 0 Å². The fraction of sp³-hybridized carbons (Fsp3) is 0.923. The lowest BCUT2D eigenvalue weighted by molar-refractivity contribution is -0.277. The van der Waals surface area contributed by atoms with E-state index in [2.05, 4.69) is 25.3 Å². The Morgan fingerprint density at radius 1 is 1.23 bits per heavy atom.